The van der Waals surface area contributed by atoms with Gasteiger partial charge in [-0.25, -0.2) is 4.98 Å². The van der Waals surface area contributed by atoms with E-state index in [0.717, 1.165) is 23.0 Å². The summed E-state index contributed by atoms with van der Waals surface area (Å²) in [6, 6.07) is 13.5. The summed E-state index contributed by atoms with van der Waals surface area (Å²) in [6.07, 6.45) is -1.96. The SMILES string of the molecule is CN(C)CCN(C)c1nc(NCc2ccc(-c3ccccn3)cc2)ncc1C(F)(F)F. The zero-order valence-electron chi connectivity index (χ0n) is 17.7. The number of hydrogen-bond donors (Lipinski definition) is 1. The Labute approximate surface area is 179 Å². The Hall–Kier alpha value is -3.20. The van der Waals surface area contributed by atoms with Gasteiger partial charge in [-0.3, -0.25) is 4.98 Å². The molecule has 0 atom stereocenters. The van der Waals surface area contributed by atoms with Crippen molar-refractivity contribution in [2.24, 2.45) is 0 Å². The van der Waals surface area contributed by atoms with E-state index in [1.807, 2.05) is 61.5 Å². The predicted octanol–water partition coefficient (Wildman–Crippen LogP) is 4.17. The number of benzene rings is 1. The van der Waals surface area contributed by atoms with Crippen LogP contribution in [0.25, 0.3) is 11.3 Å². The fraction of sp³-hybridized carbons (Fsp3) is 0.318. The molecule has 0 bridgehead atoms. The minimum absolute atomic E-state index is 0.141. The second kappa shape index (κ2) is 9.74. The van der Waals surface area contributed by atoms with E-state index in [1.165, 1.54) is 4.90 Å². The maximum atomic E-state index is 13.4. The Morgan fingerprint density at radius 1 is 0.935 bits per heavy atom. The maximum Gasteiger partial charge on any atom is 0.421 e. The number of likely N-dealkylation sites (N-methyl/N-ethyl adjacent to an activating group) is 2. The van der Waals surface area contributed by atoms with Crippen LogP contribution in [0.4, 0.5) is 24.9 Å². The molecule has 0 saturated heterocycles. The number of alkyl halides is 3. The summed E-state index contributed by atoms with van der Waals surface area (Å²) < 4.78 is 40.3. The van der Waals surface area contributed by atoms with E-state index in [9.17, 15) is 13.2 Å². The summed E-state index contributed by atoms with van der Waals surface area (Å²) in [7, 11) is 5.33. The van der Waals surface area contributed by atoms with Crippen molar-refractivity contribution in [1.29, 1.82) is 0 Å². The third-order valence-electron chi connectivity index (χ3n) is 4.68. The van der Waals surface area contributed by atoms with Gasteiger partial charge in [0.05, 0.1) is 5.69 Å². The van der Waals surface area contributed by atoms with Crippen LogP contribution in [-0.2, 0) is 12.7 Å². The van der Waals surface area contributed by atoms with Crippen LogP contribution in [-0.4, -0.2) is 54.1 Å². The average Bonchev–Trinajstić information content (AvgIpc) is 2.76. The lowest BCUT2D eigenvalue weighted by atomic mass is 10.1. The highest BCUT2D eigenvalue weighted by Gasteiger charge is 2.36. The number of nitrogens with one attached hydrogen (secondary N) is 1. The minimum atomic E-state index is -4.53. The Morgan fingerprint density at radius 3 is 2.29 bits per heavy atom. The van der Waals surface area contributed by atoms with Crippen LogP contribution in [0.3, 0.4) is 0 Å². The second-order valence-electron chi connectivity index (χ2n) is 7.42. The molecule has 3 aromatic rings. The summed E-state index contributed by atoms with van der Waals surface area (Å²) in [5.74, 6) is 0.00542. The molecule has 0 aliphatic heterocycles. The van der Waals surface area contributed by atoms with Gasteiger partial charge >= 0.3 is 6.18 Å². The number of nitrogens with zero attached hydrogens (tertiary/aromatic N) is 5. The van der Waals surface area contributed by atoms with Crippen LogP contribution >= 0.6 is 0 Å². The van der Waals surface area contributed by atoms with Crippen LogP contribution < -0.4 is 10.2 Å². The molecule has 0 radical (unpaired) electrons. The van der Waals surface area contributed by atoms with Crippen molar-refractivity contribution in [1.82, 2.24) is 19.9 Å². The maximum absolute atomic E-state index is 13.4. The molecule has 9 heteroatoms. The van der Waals surface area contributed by atoms with Crippen LogP contribution in [0.2, 0.25) is 0 Å². The first-order valence-corrected chi connectivity index (χ1v) is 9.78. The molecule has 6 nitrogen and oxygen atoms in total. The van der Waals surface area contributed by atoms with Gasteiger partial charge in [0, 0.05) is 44.6 Å². The highest BCUT2D eigenvalue weighted by atomic mass is 19.4. The molecule has 3 rings (SSSR count). The lowest BCUT2D eigenvalue weighted by molar-refractivity contribution is -0.137. The smallest absolute Gasteiger partial charge is 0.358 e. The van der Waals surface area contributed by atoms with Gasteiger partial charge in [-0.05, 0) is 31.8 Å². The van der Waals surface area contributed by atoms with Crippen molar-refractivity contribution in [3.8, 4) is 11.3 Å². The Kier molecular flexibility index (Phi) is 7.06. The molecule has 0 saturated carbocycles. The Morgan fingerprint density at radius 2 is 1.68 bits per heavy atom. The molecule has 0 amide bonds. The standard InChI is InChI=1S/C22H25F3N6/c1-30(2)12-13-31(3)20-18(22(23,24)25)15-28-21(29-20)27-14-16-7-9-17(10-8-16)19-6-4-5-11-26-19/h4-11,15H,12-14H2,1-3H3,(H,27,28,29). The number of rotatable bonds is 8. The Balaban J connectivity index is 1.73. The van der Waals surface area contributed by atoms with Gasteiger partial charge in [-0.1, -0.05) is 30.3 Å². The van der Waals surface area contributed by atoms with Gasteiger partial charge < -0.3 is 15.1 Å². The molecule has 0 aliphatic carbocycles. The summed E-state index contributed by atoms with van der Waals surface area (Å²) in [6.45, 7) is 1.39. The summed E-state index contributed by atoms with van der Waals surface area (Å²) >= 11 is 0. The quantitative estimate of drug-likeness (QED) is 0.579. The molecule has 0 fully saturated rings. The van der Waals surface area contributed by atoms with Gasteiger partial charge in [0.15, 0.2) is 0 Å². The largest absolute Gasteiger partial charge is 0.421 e. The van der Waals surface area contributed by atoms with Crippen LogP contribution in [0.15, 0.2) is 54.9 Å². The molecule has 164 valence electrons. The van der Waals surface area contributed by atoms with E-state index in [-0.39, 0.29) is 11.8 Å². The van der Waals surface area contributed by atoms with E-state index < -0.39 is 11.7 Å². The lowest BCUT2D eigenvalue weighted by Gasteiger charge is -2.24. The fourth-order valence-corrected chi connectivity index (χ4v) is 2.91. The summed E-state index contributed by atoms with van der Waals surface area (Å²) in [5.41, 5.74) is 1.96. The number of anilines is 2. The summed E-state index contributed by atoms with van der Waals surface area (Å²) in [5, 5.41) is 3.02. The van der Waals surface area contributed by atoms with Crippen LogP contribution in [0.5, 0.6) is 0 Å². The van der Waals surface area contributed by atoms with Crippen LogP contribution in [0, 0.1) is 0 Å². The normalized spacial score (nSPS) is 11.6. The first kappa shape index (κ1) is 22.5. The molecule has 0 spiro atoms. The molecular formula is C22H25F3N6. The molecule has 2 heterocycles. The zero-order chi connectivity index (χ0) is 22.4. The number of hydrogen-bond acceptors (Lipinski definition) is 6. The average molecular weight is 430 g/mol. The van der Waals surface area contributed by atoms with E-state index in [0.29, 0.717) is 19.6 Å². The fourth-order valence-electron chi connectivity index (χ4n) is 2.91. The van der Waals surface area contributed by atoms with Gasteiger partial charge in [0.25, 0.3) is 0 Å². The molecule has 2 aromatic heterocycles. The second-order valence-corrected chi connectivity index (χ2v) is 7.42. The van der Waals surface area contributed by atoms with Gasteiger partial charge in [-0.15, -0.1) is 0 Å². The van der Waals surface area contributed by atoms with Crippen molar-refractivity contribution in [2.75, 3.05) is 44.4 Å². The number of pyridine rings is 1. The zero-order valence-corrected chi connectivity index (χ0v) is 17.7. The number of halogens is 3. The monoisotopic (exact) mass is 430 g/mol. The summed E-state index contributed by atoms with van der Waals surface area (Å²) in [4.78, 5) is 15.7. The number of aromatic nitrogens is 3. The molecule has 1 aromatic carbocycles. The Bertz CT molecular complexity index is 975. The molecular weight excluding hydrogens is 405 g/mol. The minimum Gasteiger partial charge on any atom is -0.358 e. The third kappa shape index (κ3) is 6.14. The van der Waals surface area contributed by atoms with Crippen molar-refractivity contribution in [2.45, 2.75) is 12.7 Å². The predicted molar refractivity (Wildman–Crippen MR) is 116 cm³/mol. The van der Waals surface area contributed by atoms with Gasteiger partial charge in [0.2, 0.25) is 5.95 Å². The van der Waals surface area contributed by atoms with Crippen LogP contribution in [0.1, 0.15) is 11.1 Å². The van der Waals surface area contributed by atoms with Gasteiger partial charge in [-0.2, -0.15) is 18.2 Å². The first-order valence-electron chi connectivity index (χ1n) is 9.78. The first-order chi connectivity index (χ1) is 14.7. The van der Waals surface area contributed by atoms with E-state index in [2.05, 4.69) is 20.3 Å². The third-order valence-corrected chi connectivity index (χ3v) is 4.68. The van der Waals surface area contributed by atoms with E-state index in [1.54, 1.807) is 13.2 Å². The van der Waals surface area contributed by atoms with Gasteiger partial charge in [0.1, 0.15) is 11.4 Å². The highest BCUT2D eigenvalue weighted by Crippen LogP contribution is 2.35. The van der Waals surface area contributed by atoms with Crippen molar-refractivity contribution in [3.63, 3.8) is 0 Å². The molecule has 31 heavy (non-hydrogen) atoms. The topological polar surface area (TPSA) is 57.2 Å². The highest BCUT2D eigenvalue weighted by molar-refractivity contribution is 5.59. The van der Waals surface area contributed by atoms with Crippen molar-refractivity contribution < 1.29 is 13.2 Å². The van der Waals surface area contributed by atoms with Crippen molar-refractivity contribution in [3.05, 3.63) is 66.0 Å². The molecule has 0 unspecified atom stereocenters. The lowest BCUT2D eigenvalue weighted by Crippen LogP contribution is -2.31. The van der Waals surface area contributed by atoms with Crippen molar-refractivity contribution >= 4 is 11.8 Å². The van der Waals surface area contributed by atoms with E-state index >= 15 is 0 Å². The molecule has 0 aliphatic rings. The molecule has 1 N–H and O–H groups in total. The van der Waals surface area contributed by atoms with E-state index in [4.69, 9.17) is 0 Å².